The number of para-hydroxylation sites is 3. The first kappa shape index (κ1) is 19.3. The van der Waals surface area contributed by atoms with E-state index in [1.165, 1.54) is 0 Å². The van der Waals surface area contributed by atoms with Gasteiger partial charge in [0.05, 0.1) is 23.3 Å². The predicted molar refractivity (Wildman–Crippen MR) is 121 cm³/mol. The van der Waals surface area contributed by atoms with Gasteiger partial charge in [0.15, 0.2) is 6.61 Å². The normalized spacial score (nSPS) is 12.2. The van der Waals surface area contributed by atoms with Crippen molar-refractivity contribution in [3.8, 4) is 0 Å². The van der Waals surface area contributed by atoms with Gasteiger partial charge in [-0.3, -0.25) is 19.5 Å². The summed E-state index contributed by atoms with van der Waals surface area (Å²) in [6.07, 6.45) is 1.76. The SMILES string of the molecule is O=C(Cc1cccc2cccnc12)OCC(=O)N1c2ccccc2Sc2ccccc21. The van der Waals surface area contributed by atoms with Crippen molar-refractivity contribution in [2.24, 2.45) is 0 Å². The van der Waals surface area contributed by atoms with E-state index in [4.69, 9.17) is 4.74 Å². The van der Waals surface area contributed by atoms with E-state index in [-0.39, 0.29) is 18.9 Å². The molecule has 0 unspecified atom stereocenters. The van der Waals surface area contributed by atoms with Gasteiger partial charge in [0, 0.05) is 21.4 Å². The van der Waals surface area contributed by atoms with Crippen LogP contribution in [0.3, 0.4) is 0 Å². The second-order valence-electron chi connectivity index (χ2n) is 7.10. The van der Waals surface area contributed by atoms with Crippen molar-refractivity contribution in [2.75, 3.05) is 11.5 Å². The monoisotopic (exact) mass is 426 g/mol. The summed E-state index contributed by atoms with van der Waals surface area (Å²) in [5, 5.41) is 0.961. The first-order valence-electron chi connectivity index (χ1n) is 9.88. The van der Waals surface area contributed by atoms with Crippen LogP contribution in [0.5, 0.6) is 0 Å². The molecule has 0 atom stereocenters. The molecule has 0 radical (unpaired) electrons. The Labute approximate surface area is 183 Å². The Bertz CT molecular complexity index is 1250. The summed E-state index contributed by atoms with van der Waals surface area (Å²) in [5.74, 6) is -0.746. The minimum Gasteiger partial charge on any atom is -0.455 e. The van der Waals surface area contributed by atoms with Gasteiger partial charge in [-0.05, 0) is 35.9 Å². The highest BCUT2D eigenvalue weighted by molar-refractivity contribution is 7.99. The van der Waals surface area contributed by atoms with Gasteiger partial charge < -0.3 is 4.74 Å². The van der Waals surface area contributed by atoms with E-state index in [0.29, 0.717) is 0 Å². The van der Waals surface area contributed by atoms with Crippen molar-refractivity contribution in [3.05, 3.63) is 90.6 Å². The highest BCUT2D eigenvalue weighted by Crippen LogP contribution is 2.47. The quantitative estimate of drug-likeness (QED) is 0.423. The van der Waals surface area contributed by atoms with Crippen LogP contribution in [0.4, 0.5) is 11.4 Å². The van der Waals surface area contributed by atoms with Crippen molar-refractivity contribution in [1.29, 1.82) is 0 Å². The van der Waals surface area contributed by atoms with Gasteiger partial charge in [0.25, 0.3) is 5.91 Å². The maximum Gasteiger partial charge on any atom is 0.310 e. The molecule has 0 bridgehead atoms. The molecule has 1 aliphatic heterocycles. The molecule has 2 heterocycles. The number of esters is 1. The minimum atomic E-state index is -0.459. The van der Waals surface area contributed by atoms with E-state index >= 15 is 0 Å². The van der Waals surface area contributed by atoms with E-state index in [2.05, 4.69) is 4.98 Å². The summed E-state index contributed by atoms with van der Waals surface area (Å²) in [5.41, 5.74) is 3.14. The molecule has 0 fully saturated rings. The summed E-state index contributed by atoms with van der Waals surface area (Å²) in [6.45, 7) is -0.329. The fraction of sp³-hybridized carbons (Fsp3) is 0.0800. The van der Waals surface area contributed by atoms with Crippen LogP contribution in [-0.2, 0) is 20.7 Å². The fourth-order valence-corrected chi connectivity index (χ4v) is 4.75. The molecule has 0 N–H and O–H groups in total. The molecule has 5 nitrogen and oxygen atoms in total. The van der Waals surface area contributed by atoms with Crippen molar-refractivity contribution >= 4 is 45.9 Å². The number of rotatable bonds is 4. The number of aromatic nitrogens is 1. The number of anilines is 2. The van der Waals surface area contributed by atoms with Gasteiger partial charge in [-0.1, -0.05) is 60.3 Å². The fourth-order valence-electron chi connectivity index (χ4n) is 3.70. The minimum absolute atomic E-state index is 0.0602. The first-order valence-corrected chi connectivity index (χ1v) is 10.7. The maximum atomic E-state index is 13.1. The van der Waals surface area contributed by atoms with Crippen LogP contribution in [0.15, 0.2) is 94.9 Å². The summed E-state index contributed by atoms with van der Waals surface area (Å²) >= 11 is 1.62. The molecule has 0 aliphatic carbocycles. The largest absolute Gasteiger partial charge is 0.455 e. The zero-order valence-corrected chi connectivity index (χ0v) is 17.3. The number of benzene rings is 3. The number of hydrogen-bond donors (Lipinski definition) is 0. The Balaban J connectivity index is 1.34. The molecule has 4 aromatic rings. The molecule has 5 rings (SSSR count). The molecule has 3 aromatic carbocycles. The molecule has 1 aromatic heterocycles. The average molecular weight is 426 g/mol. The van der Waals surface area contributed by atoms with Crippen LogP contribution in [-0.4, -0.2) is 23.5 Å². The highest BCUT2D eigenvalue weighted by atomic mass is 32.2. The third-order valence-corrected chi connectivity index (χ3v) is 6.22. The lowest BCUT2D eigenvalue weighted by Crippen LogP contribution is -2.32. The zero-order chi connectivity index (χ0) is 21.2. The third kappa shape index (κ3) is 3.78. The van der Waals surface area contributed by atoms with E-state index in [1.54, 1.807) is 22.9 Å². The van der Waals surface area contributed by atoms with Gasteiger partial charge in [-0.2, -0.15) is 0 Å². The molecule has 1 amide bonds. The van der Waals surface area contributed by atoms with Crippen LogP contribution in [0.1, 0.15) is 5.56 Å². The van der Waals surface area contributed by atoms with Crippen molar-refractivity contribution < 1.29 is 14.3 Å². The van der Waals surface area contributed by atoms with Crippen LogP contribution in [0.25, 0.3) is 10.9 Å². The van der Waals surface area contributed by atoms with E-state index in [9.17, 15) is 9.59 Å². The van der Waals surface area contributed by atoms with Crippen molar-refractivity contribution in [2.45, 2.75) is 16.2 Å². The summed E-state index contributed by atoms with van der Waals surface area (Å²) in [7, 11) is 0. The molecule has 1 aliphatic rings. The predicted octanol–water partition coefficient (Wildman–Crippen LogP) is 5.15. The van der Waals surface area contributed by atoms with E-state index in [1.807, 2.05) is 78.9 Å². The standard InChI is InChI=1S/C25H18N2O3S/c28-23(16-30-24(29)15-18-8-5-7-17-9-6-14-26-25(17)18)27-19-10-1-3-12-21(19)31-22-13-4-2-11-20(22)27/h1-14H,15-16H2. The van der Waals surface area contributed by atoms with Crippen molar-refractivity contribution in [1.82, 2.24) is 4.98 Å². The third-order valence-electron chi connectivity index (χ3n) is 5.09. The van der Waals surface area contributed by atoms with Crippen LogP contribution < -0.4 is 4.90 Å². The number of fused-ring (bicyclic) bond motifs is 3. The molecule has 0 saturated carbocycles. The Kier molecular flexibility index (Phi) is 5.14. The van der Waals surface area contributed by atoms with Crippen LogP contribution in [0.2, 0.25) is 0 Å². The Morgan fingerprint density at radius 1 is 0.839 bits per heavy atom. The van der Waals surface area contributed by atoms with Crippen molar-refractivity contribution in [3.63, 3.8) is 0 Å². The summed E-state index contributed by atoms with van der Waals surface area (Å²) in [4.78, 5) is 33.6. The topological polar surface area (TPSA) is 59.5 Å². The Hall–Kier alpha value is -3.64. The highest BCUT2D eigenvalue weighted by Gasteiger charge is 2.28. The number of pyridine rings is 1. The summed E-state index contributed by atoms with van der Waals surface area (Å²) < 4.78 is 5.38. The van der Waals surface area contributed by atoms with Gasteiger partial charge in [0.2, 0.25) is 0 Å². The number of ether oxygens (including phenoxy) is 1. The molecule has 31 heavy (non-hydrogen) atoms. The van der Waals surface area contributed by atoms with Gasteiger partial charge in [-0.25, -0.2) is 0 Å². The molecule has 0 spiro atoms. The zero-order valence-electron chi connectivity index (χ0n) is 16.5. The molecular formula is C25H18N2O3S. The molecule has 152 valence electrons. The van der Waals surface area contributed by atoms with Gasteiger partial charge >= 0.3 is 5.97 Å². The first-order chi connectivity index (χ1) is 15.2. The maximum absolute atomic E-state index is 13.1. The van der Waals surface area contributed by atoms with Crippen LogP contribution >= 0.6 is 11.8 Å². The number of nitrogens with zero attached hydrogens (tertiary/aromatic N) is 2. The number of amides is 1. The molecule has 0 saturated heterocycles. The lowest BCUT2D eigenvalue weighted by molar-refractivity contribution is -0.147. The Morgan fingerprint density at radius 3 is 2.26 bits per heavy atom. The van der Waals surface area contributed by atoms with Gasteiger partial charge in [0.1, 0.15) is 0 Å². The summed E-state index contributed by atoms with van der Waals surface area (Å²) in [6, 6.07) is 24.9. The molecular weight excluding hydrogens is 408 g/mol. The smallest absolute Gasteiger partial charge is 0.310 e. The number of carbonyl (C=O) groups is 2. The van der Waals surface area contributed by atoms with E-state index in [0.717, 1.165) is 37.6 Å². The second-order valence-corrected chi connectivity index (χ2v) is 8.18. The molecule has 6 heteroatoms. The van der Waals surface area contributed by atoms with Gasteiger partial charge in [-0.15, -0.1) is 0 Å². The Morgan fingerprint density at radius 2 is 1.52 bits per heavy atom. The second kappa shape index (κ2) is 8.24. The lowest BCUT2D eigenvalue weighted by atomic mass is 10.1. The number of hydrogen-bond acceptors (Lipinski definition) is 5. The lowest BCUT2D eigenvalue weighted by Gasteiger charge is -2.30. The number of carbonyl (C=O) groups excluding carboxylic acids is 2. The van der Waals surface area contributed by atoms with Crippen LogP contribution in [0, 0.1) is 0 Å². The van der Waals surface area contributed by atoms with E-state index < -0.39 is 5.97 Å². The average Bonchev–Trinajstić information content (AvgIpc) is 2.81.